The van der Waals surface area contributed by atoms with Crippen LogP contribution < -0.4 is 15.5 Å². The van der Waals surface area contributed by atoms with Gasteiger partial charge in [-0.25, -0.2) is 5.43 Å². The van der Waals surface area contributed by atoms with Crippen molar-refractivity contribution in [1.29, 1.82) is 0 Å². The van der Waals surface area contributed by atoms with Crippen LogP contribution in [-0.4, -0.2) is 24.6 Å². The highest BCUT2D eigenvalue weighted by Crippen LogP contribution is 2.19. The summed E-state index contributed by atoms with van der Waals surface area (Å²) in [7, 11) is 0. The molecule has 3 aromatic carbocycles. The van der Waals surface area contributed by atoms with Crippen molar-refractivity contribution in [1.82, 2.24) is 10.7 Å². The fourth-order valence-electron chi connectivity index (χ4n) is 2.82. The molecule has 2 N–H and O–H groups in total. The molecule has 0 radical (unpaired) electrons. The molecule has 0 heterocycles. The Kier molecular flexibility index (Phi) is 9.26. The first-order chi connectivity index (χ1) is 16.5. The number of carbonyl (C=O) groups excluding carboxylic acids is 2. The van der Waals surface area contributed by atoms with Crippen molar-refractivity contribution in [2.45, 2.75) is 13.3 Å². The Morgan fingerprint density at radius 3 is 2.41 bits per heavy atom. The molecule has 0 unspecified atom stereocenters. The van der Waals surface area contributed by atoms with Crippen LogP contribution in [0.2, 0.25) is 10.0 Å². The largest absolute Gasteiger partial charge is 0.494 e. The summed E-state index contributed by atoms with van der Waals surface area (Å²) in [5.41, 5.74) is 4.14. The molecule has 3 rings (SSSR count). The Balaban J connectivity index is 1.79. The minimum absolute atomic E-state index is 0.0235. The van der Waals surface area contributed by atoms with Crippen LogP contribution in [-0.2, 0) is 4.79 Å². The number of rotatable bonds is 9. The van der Waals surface area contributed by atoms with E-state index in [9.17, 15) is 9.59 Å². The molecular formula is C26H23Cl2N3O3. The maximum Gasteiger partial charge on any atom is 0.287 e. The minimum atomic E-state index is -0.600. The van der Waals surface area contributed by atoms with Crippen LogP contribution in [0.5, 0.6) is 5.75 Å². The monoisotopic (exact) mass is 495 g/mol. The Labute approximate surface area is 208 Å². The molecule has 0 atom stereocenters. The summed E-state index contributed by atoms with van der Waals surface area (Å²) in [6.07, 6.45) is 3.86. The lowest BCUT2D eigenvalue weighted by Gasteiger charge is -2.10. The third-order valence-corrected chi connectivity index (χ3v) is 5.09. The second kappa shape index (κ2) is 12.6. The van der Waals surface area contributed by atoms with E-state index in [1.165, 1.54) is 6.21 Å². The van der Waals surface area contributed by atoms with E-state index in [2.05, 4.69) is 15.8 Å². The number of hydrogen-bond acceptors (Lipinski definition) is 4. The number of ether oxygens (including phenoxy) is 1. The maximum absolute atomic E-state index is 12.9. The molecule has 2 amide bonds. The van der Waals surface area contributed by atoms with Gasteiger partial charge in [-0.2, -0.15) is 5.10 Å². The number of hydrazone groups is 1. The summed E-state index contributed by atoms with van der Waals surface area (Å²) in [5, 5.41) is 7.50. The fourth-order valence-corrected chi connectivity index (χ4v) is 3.27. The van der Waals surface area contributed by atoms with Crippen LogP contribution in [0, 0.1) is 0 Å². The first-order valence-electron chi connectivity index (χ1n) is 10.6. The van der Waals surface area contributed by atoms with E-state index in [4.69, 9.17) is 27.9 Å². The molecule has 0 aliphatic rings. The number of benzene rings is 3. The zero-order chi connectivity index (χ0) is 24.3. The van der Waals surface area contributed by atoms with Crippen molar-refractivity contribution in [2.75, 3.05) is 6.61 Å². The average molecular weight is 496 g/mol. The summed E-state index contributed by atoms with van der Waals surface area (Å²) in [5.74, 6) is -0.297. The van der Waals surface area contributed by atoms with Crippen molar-refractivity contribution >= 4 is 47.3 Å². The van der Waals surface area contributed by atoms with Gasteiger partial charge in [0.1, 0.15) is 11.4 Å². The molecule has 174 valence electrons. The highest BCUT2D eigenvalue weighted by molar-refractivity contribution is 6.36. The standard InChI is InChI=1S/C26H23Cl2N3O3/c1-2-14-34-22-12-8-18(9-13-22)15-24(30-25(32)19-6-4-3-5-7-19)26(33)31-29-17-20-10-11-21(27)16-23(20)28/h3-13,15-17H,2,14H2,1H3,(H,30,32)(H,31,33). The lowest BCUT2D eigenvalue weighted by molar-refractivity contribution is -0.117. The van der Waals surface area contributed by atoms with E-state index in [0.717, 1.165) is 12.2 Å². The molecule has 0 aromatic heterocycles. The molecule has 0 saturated heterocycles. The predicted molar refractivity (Wildman–Crippen MR) is 136 cm³/mol. The van der Waals surface area contributed by atoms with E-state index >= 15 is 0 Å². The number of nitrogens with zero attached hydrogens (tertiary/aromatic N) is 1. The lowest BCUT2D eigenvalue weighted by atomic mass is 10.1. The van der Waals surface area contributed by atoms with Gasteiger partial charge < -0.3 is 10.1 Å². The Hall–Kier alpha value is -3.61. The summed E-state index contributed by atoms with van der Waals surface area (Å²) in [6.45, 7) is 2.65. The van der Waals surface area contributed by atoms with Gasteiger partial charge in [-0.3, -0.25) is 9.59 Å². The van der Waals surface area contributed by atoms with Crippen LogP contribution in [0.15, 0.2) is 83.6 Å². The number of nitrogens with one attached hydrogen (secondary N) is 2. The van der Waals surface area contributed by atoms with Gasteiger partial charge in [-0.1, -0.05) is 66.5 Å². The van der Waals surface area contributed by atoms with Gasteiger partial charge in [0.2, 0.25) is 0 Å². The Morgan fingerprint density at radius 2 is 1.74 bits per heavy atom. The molecule has 0 aliphatic carbocycles. The Morgan fingerprint density at radius 1 is 1.00 bits per heavy atom. The van der Waals surface area contributed by atoms with Gasteiger partial charge in [-0.05, 0) is 54.5 Å². The van der Waals surface area contributed by atoms with Gasteiger partial charge in [-0.15, -0.1) is 0 Å². The number of carbonyl (C=O) groups is 2. The van der Waals surface area contributed by atoms with Gasteiger partial charge in [0.15, 0.2) is 0 Å². The van der Waals surface area contributed by atoms with Crippen molar-refractivity contribution in [3.63, 3.8) is 0 Å². The number of halogens is 2. The topological polar surface area (TPSA) is 79.8 Å². The molecule has 0 aliphatic heterocycles. The number of amides is 2. The van der Waals surface area contributed by atoms with Crippen LogP contribution in [0.25, 0.3) is 6.08 Å². The second-order valence-corrected chi connectivity index (χ2v) is 8.00. The molecule has 0 fully saturated rings. The molecular weight excluding hydrogens is 473 g/mol. The first-order valence-corrected chi connectivity index (χ1v) is 11.3. The molecule has 34 heavy (non-hydrogen) atoms. The SMILES string of the molecule is CCCOc1ccc(C=C(NC(=O)c2ccccc2)C(=O)NN=Cc2ccc(Cl)cc2Cl)cc1. The second-order valence-electron chi connectivity index (χ2n) is 7.16. The van der Waals surface area contributed by atoms with Crippen molar-refractivity contribution in [3.8, 4) is 5.75 Å². The third-order valence-electron chi connectivity index (χ3n) is 4.52. The van der Waals surface area contributed by atoms with E-state index in [0.29, 0.717) is 33.3 Å². The minimum Gasteiger partial charge on any atom is -0.494 e. The average Bonchev–Trinajstić information content (AvgIpc) is 2.85. The quantitative estimate of drug-likeness (QED) is 0.227. The molecule has 0 spiro atoms. The summed E-state index contributed by atoms with van der Waals surface area (Å²) in [4.78, 5) is 25.5. The molecule has 0 bridgehead atoms. The first kappa shape index (κ1) is 25.0. The maximum atomic E-state index is 12.9. The van der Waals surface area contributed by atoms with E-state index < -0.39 is 11.8 Å². The van der Waals surface area contributed by atoms with Crippen LogP contribution >= 0.6 is 23.2 Å². The summed E-state index contributed by atoms with van der Waals surface area (Å²) in [6, 6.07) is 20.7. The number of hydrogen-bond donors (Lipinski definition) is 2. The zero-order valence-corrected chi connectivity index (χ0v) is 19.9. The van der Waals surface area contributed by atoms with E-state index in [1.54, 1.807) is 78.9 Å². The summed E-state index contributed by atoms with van der Waals surface area (Å²) < 4.78 is 5.59. The highest BCUT2D eigenvalue weighted by Gasteiger charge is 2.14. The Bertz CT molecular complexity index is 1190. The normalized spacial score (nSPS) is 11.3. The van der Waals surface area contributed by atoms with Crippen LogP contribution in [0.3, 0.4) is 0 Å². The van der Waals surface area contributed by atoms with E-state index in [1.807, 2.05) is 6.92 Å². The highest BCUT2D eigenvalue weighted by atomic mass is 35.5. The van der Waals surface area contributed by atoms with Gasteiger partial charge >= 0.3 is 0 Å². The van der Waals surface area contributed by atoms with Crippen molar-refractivity contribution in [2.24, 2.45) is 5.10 Å². The van der Waals surface area contributed by atoms with E-state index in [-0.39, 0.29) is 5.70 Å². The molecule has 8 heteroatoms. The third kappa shape index (κ3) is 7.47. The fraction of sp³-hybridized carbons (Fsp3) is 0.115. The zero-order valence-electron chi connectivity index (χ0n) is 18.4. The van der Waals surface area contributed by atoms with Gasteiger partial charge in [0.05, 0.1) is 17.8 Å². The molecule has 0 saturated carbocycles. The molecule has 3 aromatic rings. The van der Waals surface area contributed by atoms with Crippen molar-refractivity contribution in [3.05, 3.63) is 105 Å². The smallest absolute Gasteiger partial charge is 0.287 e. The molecule has 6 nitrogen and oxygen atoms in total. The lowest BCUT2D eigenvalue weighted by Crippen LogP contribution is -2.32. The van der Waals surface area contributed by atoms with Crippen molar-refractivity contribution < 1.29 is 14.3 Å². The van der Waals surface area contributed by atoms with Crippen LogP contribution in [0.1, 0.15) is 34.8 Å². The van der Waals surface area contributed by atoms with Gasteiger partial charge in [0, 0.05) is 16.1 Å². The van der Waals surface area contributed by atoms with Crippen LogP contribution in [0.4, 0.5) is 0 Å². The van der Waals surface area contributed by atoms with Gasteiger partial charge in [0.25, 0.3) is 11.8 Å². The predicted octanol–water partition coefficient (Wildman–Crippen LogP) is 5.70. The summed E-state index contributed by atoms with van der Waals surface area (Å²) >= 11 is 12.0.